The highest BCUT2D eigenvalue weighted by molar-refractivity contribution is 4.91. The maximum Gasteiger partial charge on any atom is 0.0701 e. The molecule has 4 unspecified atom stereocenters. The van der Waals surface area contributed by atoms with Crippen molar-refractivity contribution >= 4 is 0 Å². The number of hydrogen-bond donors (Lipinski definition) is 1. The minimum absolute atomic E-state index is 0.538. The fourth-order valence-corrected chi connectivity index (χ4v) is 3.90. The van der Waals surface area contributed by atoms with Gasteiger partial charge in [0.1, 0.15) is 0 Å². The topological polar surface area (TPSA) is 30.5 Å². The van der Waals surface area contributed by atoms with Crippen molar-refractivity contribution in [2.45, 2.75) is 45.1 Å². The molecule has 2 saturated carbocycles. The highest BCUT2D eigenvalue weighted by Crippen LogP contribution is 2.49. The quantitative estimate of drug-likeness (QED) is 0.642. The predicted molar refractivity (Wildman–Crippen MR) is 73.7 cm³/mol. The molecule has 1 N–H and O–H groups in total. The first-order valence-electron chi connectivity index (χ1n) is 7.63. The van der Waals surface area contributed by atoms with E-state index in [0.29, 0.717) is 12.6 Å². The van der Waals surface area contributed by atoms with Gasteiger partial charge in [-0.1, -0.05) is 13.3 Å². The number of hydrogen-bond acceptors (Lipinski definition) is 3. The summed E-state index contributed by atoms with van der Waals surface area (Å²) in [6.45, 7) is 5.48. The summed E-state index contributed by atoms with van der Waals surface area (Å²) in [5, 5.41) is 3.58. The summed E-state index contributed by atoms with van der Waals surface area (Å²) in [5.74, 6) is 3.03. The fraction of sp³-hybridized carbons (Fsp3) is 1.00. The van der Waals surface area contributed by atoms with Gasteiger partial charge in [0.15, 0.2) is 0 Å². The number of ether oxygens (including phenoxy) is 2. The van der Waals surface area contributed by atoms with Crippen molar-refractivity contribution in [2.75, 3.05) is 33.5 Å². The van der Waals surface area contributed by atoms with Crippen LogP contribution in [-0.2, 0) is 9.47 Å². The average molecular weight is 255 g/mol. The lowest BCUT2D eigenvalue weighted by molar-refractivity contribution is 0.0534. The second-order valence-electron chi connectivity index (χ2n) is 5.99. The molecule has 0 aromatic heterocycles. The van der Waals surface area contributed by atoms with E-state index in [1.165, 1.54) is 32.1 Å². The minimum Gasteiger partial charge on any atom is -0.382 e. The minimum atomic E-state index is 0.538. The molecule has 0 amide bonds. The smallest absolute Gasteiger partial charge is 0.0701 e. The third-order valence-electron chi connectivity index (χ3n) is 4.72. The lowest BCUT2D eigenvalue weighted by atomic mass is 9.84. The van der Waals surface area contributed by atoms with Gasteiger partial charge < -0.3 is 14.8 Å². The molecule has 2 rings (SSSR count). The summed E-state index contributed by atoms with van der Waals surface area (Å²) in [5.41, 5.74) is 0. The van der Waals surface area contributed by atoms with Crippen LogP contribution < -0.4 is 5.32 Å². The van der Waals surface area contributed by atoms with E-state index in [2.05, 4.69) is 12.2 Å². The van der Waals surface area contributed by atoms with Crippen molar-refractivity contribution in [2.24, 2.45) is 17.8 Å². The molecule has 106 valence electrons. The normalized spacial score (nSPS) is 32.0. The molecular formula is C15H29NO2. The summed E-state index contributed by atoms with van der Waals surface area (Å²) >= 11 is 0. The molecule has 0 spiro atoms. The molecule has 0 aromatic rings. The van der Waals surface area contributed by atoms with Gasteiger partial charge in [0, 0.05) is 13.2 Å². The summed E-state index contributed by atoms with van der Waals surface area (Å²) in [6, 6.07) is 0.538. The number of nitrogens with one attached hydrogen (secondary N) is 1. The molecule has 4 atom stereocenters. The van der Waals surface area contributed by atoms with E-state index in [9.17, 15) is 0 Å². The summed E-state index contributed by atoms with van der Waals surface area (Å²) in [6.07, 6.45) is 7.27. The first kappa shape index (κ1) is 14.3. The van der Waals surface area contributed by atoms with E-state index < -0.39 is 0 Å². The molecule has 0 aliphatic heterocycles. The first-order valence-corrected chi connectivity index (χ1v) is 7.63. The van der Waals surface area contributed by atoms with Crippen LogP contribution >= 0.6 is 0 Å². The van der Waals surface area contributed by atoms with E-state index in [4.69, 9.17) is 9.47 Å². The Bertz CT molecular complexity index is 235. The first-order chi connectivity index (χ1) is 8.83. The van der Waals surface area contributed by atoms with Crippen LogP contribution in [0.2, 0.25) is 0 Å². The molecule has 3 heteroatoms. The predicted octanol–water partition coefficient (Wildman–Crippen LogP) is 2.45. The Hall–Kier alpha value is -0.120. The van der Waals surface area contributed by atoms with Crippen molar-refractivity contribution in [1.82, 2.24) is 5.32 Å². The second-order valence-corrected chi connectivity index (χ2v) is 5.99. The van der Waals surface area contributed by atoms with Crippen LogP contribution in [0.1, 0.15) is 39.0 Å². The third-order valence-corrected chi connectivity index (χ3v) is 4.72. The van der Waals surface area contributed by atoms with Crippen molar-refractivity contribution in [3.05, 3.63) is 0 Å². The van der Waals surface area contributed by atoms with Crippen molar-refractivity contribution in [1.29, 1.82) is 0 Å². The molecular weight excluding hydrogens is 226 g/mol. The summed E-state index contributed by atoms with van der Waals surface area (Å²) in [7, 11) is 1.72. The van der Waals surface area contributed by atoms with Crippen LogP contribution in [0.25, 0.3) is 0 Å². The van der Waals surface area contributed by atoms with E-state index in [1.54, 1.807) is 7.11 Å². The molecule has 3 nitrogen and oxygen atoms in total. The van der Waals surface area contributed by atoms with Gasteiger partial charge in [0.05, 0.1) is 19.8 Å². The largest absolute Gasteiger partial charge is 0.382 e. The molecule has 0 heterocycles. The van der Waals surface area contributed by atoms with E-state index >= 15 is 0 Å². The zero-order chi connectivity index (χ0) is 12.8. The van der Waals surface area contributed by atoms with Gasteiger partial charge in [-0.25, -0.2) is 0 Å². The maximum atomic E-state index is 5.69. The van der Waals surface area contributed by atoms with Gasteiger partial charge in [0.25, 0.3) is 0 Å². The van der Waals surface area contributed by atoms with Gasteiger partial charge in [0.2, 0.25) is 0 Å². The zero-order valence-electron chi connectivity index (χ0n) is 12.0. The van der Waals surface area contributed by atoms with E-state index in [0.717, 1.165) is 37.5 Å². The van der Waals surface area contributed by atoms with Gasteiger partial charge in [-0.2, -0.15) is 0 Å². The molecule has 2 bridgehead atoms. The second kappa shape index (κ2) is 7.46. The number of rotatable bonds is 9. The SMILES string of the molecule is CCNC(COCCOC)CC1CC2CCC1C2. The molecule has 2 fully saturated rings. The number of fused-ring (bicyclic) bond motifs is 2. The Morgan fingerprint density at radius 1 is 1.22 bits per heavy atom. The summed E-state index contributed by atoms with van der Waals surface area (Å²) in [4.78, 5) is 0. The van der Waals surface area contributed by atoms with Crippen LogP contribution in [0.3, 0.4) is 0 Å². The Labute approximate surface area is 112 Å². The Kier molecular flexibility index (Phi) is 5.93. The fourth-order valence-electron chi connectivity index (χ4n) is 3.90. The Morgan fingerprint density at radius 3 is 2.72 bits per heavy atom. The van der Waals surface area contributed by atoms with Gasteiger partial charge in [-0.3, -0.25) is 0 Å². The van der Waals surface area contributed by atoms with Crippen molar-refractivity contribution < 1.29 is 9.47 Å². The van der Waals surface area contributed by atoms with Crippen molar-refractivity contribution in [3.63, 3.8) is 0 Å². The average Bonchev–Trinajstić information content (AvgIpc) is 2.97. The molecule has 18 heavy (non-hydrogen) atoms. The lowest BCUT2D eigenvalue weighted by Gasteiger charge is -2.27. The Balaban J connectivity index is 1.68. The molecule has 0 saturated heterocycles. The van der Waals surface area contributed by atoms with Gasteiger partial charge in [-0.05, 0) is 50.0 Å². The highest BCUT2D eigenvalue weighted by Gasteiger charge is 2.39. The van der Waals surface area contributed by atoms with Crippen molar-refractivity contribution in [3.8, 4) is 0 Å². The highest BCUT2D eigenvalue weighted by atomic mass is 16.5. The van der Waals surface area contributed by atoms with E-state index in [-0.39, 0.29) is 0 Å². The molecule has 2 aliphatic carbocycles. The summed E-state index contributed by atoms with van der Waals surface area (Å²) < 4.78 is 10.7. The maximum absolute atomic E-state index is 5.69. The Morgan fingerprint density at radius 2 is 2.11 bits per heavy atom. The van der Waals surface area contributed by atoms with Crippen LogP contribution in [0.15, 0.2) is 0 Å². The lowest BCUT2D eigenvalue weighted by Crippen LogP contribution is -2.36. The molecule has 0 aromatic carbocycles. The molecule has 0 radical (unpaired) electrons. The third kappa shape index (κ3) is 3.94. The van der Waals surface area contributed by atoms with Crippen LogP contribution in [0.5, 0.6) is 0 Å². The number of methoxy groups -OCH3 is 1. The van der Waals surface area contributed by atoms with Crippen LogP contribution in [0, 0.1) is 17.8 Å². The van der Waals surface area contributed by atoms with Gasteiger partial charge in [-0.15, -0.1) is 0 Å². The zero-order valence-corrected chi connectivity index (χ0v) is 12.0. The van der Waals surface area contributed by atoms with E-state index in [1.807, 2.05) is 0 Å². The number of likely N-dealkylation sites (N-methyl/N-ethyl adjacent to an activating group) is 1. The standard InChI is InChI=1S/C15H29NO2/c1-3-16-15(11-18-7-6-17-2)10-14-9-12-4-5-13(14)8-12/h12-16H,3-11H2,1-2H3. The van der Waals surface area contributed by atoms with Crippen LogP contribution in [0.4, 0.5) is 0 Å². The van der Waals surface area contributed by atoms with Gasteiger partial charge >= 0.3 is 0 Å². The monoisotopic (exact) mass is 255 g/mol. The molecule has 2 aliphatic rings. The van der Waals surface area contributed by atoms with Crippen LogP contribution in [-0.4, -0.2) is 39.5 Å².